The van der Waals surface area contributed by atoms with Crippen molar-refractivity contribution in [2.45, 2.75) is 19.2 Å². The second kappa shape index (κ2) is 9.64. The molecule has 3 aromatic rings. The number of hydrogen-bond donors (Lipinski definition) is 1. The van der Waals surface area contributed by atoms with E-state index in [1.165, 1.54) is 14.2 Å². The molecule has 1 aliphatic heterocycles. The van der Waals surface area contributed by atoms with Gasteiger partial charge >= 0.3 is 0 Å². The lowest BCUT2D eigenvalue weighted by atomic mass is 10.1. The SMILES string of the molecule is COc1ccc(Br)cc1CNC(=O)c1c2n(c3cc(OC)c(OC)cc3c1=O)CC(CBr)O2. The third kappa shape index (κ3) is 4.29. The number of halogens is 2. The highest BCUT2D eigenvalue weighted by Gasteiger charge is 2.32. The molecule has 1 atom stereocenters. The number of amides is 1. The van der Waals surface area contributed by atoms with E-state index >= 15 is 0 Å². The maximum Gasteiger partial charge on any atom is 0.261 e. The van der Waals surface area contributed by atoms with E-state index in [1.807, 2.05) is 16.7 Å². The first-order valence-corrected chi connectivity index (χ1v) is 12.0. The predicted octanol–water partition coefficient (Wildman–Crippen LogP) is 3.88. The summed E-state index contributed by atoms with van der Waals surface area (Å²) in [4.78, 5) is 26.8. The van der Waals surface area contributed by atoms with Gasteiger partial charge in [-0.05, 0) is 24.3 Å². The number of aromatic nitrogens is 1. The van der Waals surface area contributed by atoms with Crippen molar-refractivity contribution in [2.24, 2.45) is 0 Å². The van der Waals surface area contributed by atoms with E-state index in [0.717, 1.165) is 10.0 Å². The molecule has 4 rings (SSSR count). The molecule has 10 heteroatoms. The average molecular weight is 582 g/mol. The van der Waals surface area contributed by atoms with Gasteiger partial charge in [0.2, 0.25) is 11.3 Å². The van der Waals surface area contributed by atoms with Crippen LogP contribution in [0.4, 0.5) is 0 Å². The number of hydrogen-bond acceptors (Lipinski definition) is 6. The second-order valence-corrected chi connectivity index (χ2v) is 8.94. The molecule has 174 valence electrons. The molecule has 2 heterocycles. The summed E-state index contributed by atoms with van der Waals surface area (Å²) in [5.74, 6) is 1.23. The van der Waals surface area contributed by atoms with Crippen LogP contribution in [0.15, 0.2) is 39.6 Å². The lowest BCUT2D eigenvalue weighted by Crippen LogP contribution is -2.30. The lowest BCUT2D eigenvalue weighted by Gasteiger charge is -2.15. The van der Waals surface area contributed by atoms with Crippen molar-refractivity contribution in [1.29, 1.82) is 0 Å². The largest absolute Gasteiger partial charge is 0.496 e. The van der Waals surface area contributed by atoms with Crippen molar-refractivity contribution in [2.75, 3.05) is 26.7 Å². The van der Waals surface area contributed by atoms with Crippen LogP contribution in [-0.4, -0.2) is 43.2 Å². The van der Waals surface area contributed by atoms with Crippen LogP contribution in [-0.2, 0) is 13.1 Å². The Morgan fingerprint density at radius 3 is 2.48 bits per heavy atom. The maximum absolute atomic E-state index is 13.5. The smallest absolute Gasteiger partial charge is 0.261 e. The van der Waals surface area contributed by atoms with Crippen molar-refractivity contribution in [3.63, 3.8) is 0 Å². The monoisotopic (exact) mass is 580 g/mol. The molecule has 33 heavy (non-hydrogen) atoms. The third-order valence-electron chi connectivity index (χ3n) is 5.47. The molecular weight excluding hydrogens is 560 g/mol. The van der Waals surface area contributed by atoms with Crippen molar-refractivity contribution >= 4 is 48.7 Å². The van der Waals surface area contributed by atoms with Crippen LogP contribution < -0.4 is 29.7 Å². The Morgan fingerprint density at radius 1 is 1.12 bits per heavy atom. The summed E-state index contributed by atoms with van der Waals surface area (Å²) in [5, 5.41) is 3.73. The fourth-order valence-corrected chi connectivity index (χ4v) is 4.63. The first kappa shape index (κ1) is 23.4. The van der Waals surface area contributed by atoms with E-state index in [0.29, 0.717) is 40.0 Å². The van der Waals surface area contributed by atoms with Gasteiger partial charge in [-0.25, -0.2) is 0 Å². The number of benzene rings is 2. The minimum atomic E-state index is -0.530. The number of rotatable bonds is 7. The Bertz CT molecular complexity index is 1290. The zero-order valence-corrected chi connectivity index (χ0v) is 21.4. The highest BCUT2D eigenvalue weighted by Crippen LogP contribution is 2.36. The van der Waals surface area contributed by atoms with E-state index in [9.17, 15) is 9.59 Å². The number of pyridine rings is 1. The molecule has 1 N–H and O–H groups in total. The summed E-state index contributed by atoms with van der Waals surface area (Å²) in [6.07, 6.45) is -0.222. The van der Waals surface area contributed by atoms with E-state index in [4.69, 9.17) is 18.9 Å². The summed E-state index contributed by atoms with van der Waals surface area (Å²) in [6.45, 7) is 0.652. The summed E-state index contributed by atoms with van der Waals surface area (Å²) < 4.78 is 24.8. The van der Waals surface area contributed by atoms with Crippen molar-refractivity contribution in [3.05, 3.63) is 56.2 Å². The molecule has 0 saturated carbocycles. The highest BCUT2D eigenvalue weighted by molar-refractivity contribution is 9.10. The van der Waals surface area contributed by atoms with Crippen LogP contribution in [0.5, 0.6) is 23.1 Å². The molecule has 0 fully saturated rings. The molecule has 1 amide bonds. The zero-order valence-electron chi connectivity index (χ0n) is 18.2. The second-order valence-electron chi connectivity index (χ2n) is 7.38. The van der Waals surface area contributed by atoms with Gasteiger partial charge in [-0.1, -0.05) is 31.9 Å². The normalized spacial score (nSPS) is 14.5. The summed E-state index contributed by atoms with van der Waals surface area (Å²) in [7, 11) is 4.59. The van der Waals surface area contributed by atoms with Crippen LogP contribution in [0.1, 0.15) is 15.9 Å². The molecule has 8 nitrogen and oxygen atoms in total. The molecule has 1 unspecified atom stereocenters. The number of carbonyl (C=O) groups is 1. The van der Waals surface area contributed by atoms with Crippen LogP contribution in [0, 0.1) is 0 Å². The number of nitrogens with zero attached hydrogens (tertiary/aromatic N) is 1. The van der Waals surface area contributed by atoms with Crippen LogP contribution in [0.25, 0.3) is 10.9 Å². The number of carbonyl (C=O) groups excluding carboxylic acids is 1. The van der Waals surface area contributed by atoms with Crippen LogP contribution in [0.3, 0.4) is 0 Å². The predicted molar refractivity (Wildman–Crippen MR) is 131 cm³/mol. The van der Waals surface area contributed by atoms with Gasteiger partial charge in [0.25, 0.3) is 5.91 Å². The van der Waals surface area contributed by atoms with Crippen molar-refractivity contribution < 1.29 is 23.7 Å². The topological polar surface area (TPSA) is 88.0 Å². The van der Waals surface area contributed by atoms with Crippen molar-refractivity contribution in [3.8, 4) is 23.1 Å². The van der Waals surface area contributed by atoms with Gasteiger partial charge in [-0.15, -0.1) is 0 Å². The maximum atomic E-state index is 13.5. The first-order chi connectivity index (χ1) is 15.9. The summed E-state index contributed by atoms with van der Waals surface area (Å²) in [5.41, 5.74) is 0.892. The van der Waals surface area contributed by atoms with E-state index in [1.54, 1.807) is 25.3 Å². The quantitative estimate of drug-likeness (QED) is 0.426. The van der Waals surface area contributed by atoms with E-state index < -0.39 is 11.3 Å². The lowest BCUT2D eigenvalue weighted by molar-refractivity contribution is 0.0944. The average Bonchev–Trinajstić information content (AvgIpc) is 3.26. The third-order valence-corrected chi connectivity index (χ3v) is 6.68. The number of methoxy groups -OCH3 is 3. The molecule has 2 aromatic carbocycles. The van der Waals surface area contributed by atoms with E-state index in [-0.39, 0.29) is 24.1 Å². The van der Waals surface area contributed by atoms with Crippen LogP contribution in [0.2, 0.25) is 0 Å². The van der Waals surface area contributed by atoms with Gasteiger partial charge in [0, 0.05) is 28.0 Å². The fourth-order valence-electron chi connectivity index (χ4n) is 3.88. The van der Waals surface area contributed by atoms with Crippen molar-refractivity contribution in [1.82, 2.24) is 9.88 Å². The van der Waals surface area contributed by atoms with Crippen LogP contribution >= 0.6 is 31.9 Å². The molecule has 0 aliphatic carbocycles. The summed E-state index contributed by atoms with van der Waals surface area (Å²) in [6, 6.07) is 8.83. The number of alkyl halides is 1. The van der Waals surface area contributed by atoms with Gasteiger partial charge in [-0.3, -0.25) is 9.59 Å². The Hall–Kier alpha value is -2.72. The zero-order chi connectivity index (χ0) is 23.7. The van der Waals surface area contributed by atoms with Gasteiger partial charge in [-0.2, -0.15) is 0 Å². The number of nitrogens with one attached hydrogen (secondary N) is 1. The molecule has 0 bridgehead atoms. The van der Waals surface area contributed by atoms with Gasteiger partial charge in [0.1, 0.15) is 17.4 Å². The molecule has 0 saturated heterocycles. The Balaban J connectivity index is 1.80. The molecule has 1 aromatic heterocycles. The Labute approximate surface area is 207 Å². The Morgan fingerprint density at radius 2 is 1.82 bits per heavy atom. The molecule has 1 aliphatic rings. The number of fused-ring (bicyclic) bond motifs is 3. The van der Waals surface area contributed by atoms with Gasteiger partial charge in [0.15, 0.2) is 11.5 Å². The standard InChI is InChI=1S/C23H22Br2N2O6/c1-30-17-5-4-13(25)6-12(17)10-26-22(29)20-21(28)15-7-18(31-2)19(32-3)8-16(15)27-11-14(9-24)33-23(20)27/h4-8,14H,9-11H2,1-3H3,(H,26,29). The van der Waals surface area contributed by atoms with E-state index in [2.05, 4.69) is 37.2 Å². The minimum absolute atomic E-state index is 0.0490. The minimum Gasteiger partial charge on any atom is -0.496 e. The van der Waals surface area contributed by atoms with Gasteiger partial charge in [0.05, 0.1) is 38.8 Å². The molecular formula is C23H22Br2N2O6. The number of ether oxygens (including phenoxy) is 4. The molecule has 0 spiro atoms. The Kier molecular flexibility index (Phi) is 6.85. The summed E-state index contributed by atoms with van der Waals surface area (Å²) >= 11 is 6.86. The van der Waals surface area contributed by atoms with Gasteiger partial charge < -0.3 is 28.8 Å². The highest BCUT2D eigenvalue weighted by atomic mass is 79.9. The fraction of sp³-hybridized carbons (Fsp3) is 0.304. The molecule has 0 radical (unpaired) electrons. The first-order valence-electron chi connectivity index (χ1n) is 10.1.